The van der Waals surface area contributed by atoms with Crippen molar-refractivity contribution in [2.24, 2.45) is 0 Å². The number of allylic oxidation sites excluding steroid dienone is 10. The first-order valence-corrected chi connectivity index (χ1v) is 13.6. The fourth-order valence-electron chi connectivity index (χ4n) is 2.81. The van der Waals surface area contributed by atoms with Crippen molar-refractivity contribution in [2.45, 2.75) is 125 Å². The molecule has 0 radical (unpaired) electrons. The minimum absolute atomic E-state index is 0.702. The average Bonchev–Trinajstić information content (AvgIpc) is 2.79. The molecule has 0 rings (SSSR count). The number of hydrogen-bond acceptors (Lipinski definition) is 2. The van der Waals surface area contributed by atoms with E-state index in [1.807, 2.05) is 6.08 Å². The Morgan fingerprint density at radius 1 is 0.595 bits per heavy atom. The summed E-state index contributed by atoms with van der Waals surface area (Å²) in [6, 6.07) is 0. The van der Waals surface area contributed by atoms with Gasteiger partial charge in [-0.1, -0.05) is 83.6 Å². The monoisotopic (exact) mass is 512 g/mol. The molecule has 212 valence electrons. The molecular formula is C35H60O2. The maximum Gasteiger partial charge on any atom is 0.0800 e. The molecule has 2 N–H and O–H groups in total. The molecule has 0 aliphatic rings. The second-order valence-corrected chi connectivity index (χ2v) is 11.0. The third-order valence-corrected chi connectivity index (χ3v) is 5.62. The minimum atomic E-state index is -0.726. The van der Waals surface area contributed by atoms with Crippen LogP contribution < -0.4 is 0 Å². The predicted molar refractivity (Wildman–Crippen MR) is 170 cm³/mol. The van der Waals surface area contributed by atoms with Gasteiger partial charge >= 0.3 is 0 Å². The maximum absolute atomic E-state index is 9.73. The molecule has 2 unspecified atom stereocenters. The van der Waals surface area contributed by atoms with Gasteiger partial charge in [0.1, 0.15) is 0 Å². The normalized spacial score (nSPS) is 13.5. The van der Waals surface area contributed by atoms with Crippen molar-refractivity contribution in [3.05, 3.63) is 96.7 Å². The van der Waals surface area contributed by atoms with Crippen LogP contribution >= 0.6 is 0 Å². The molecule has 0 aliphatic heterocycles. The first-order chi connectivity index (χ1) is 17.0. The Labute approximate surface area is 231 Å². The highest BCUT2D eigenvalue weighted by atomic mass is 16.3. The van der Waals surface area contributed by atoms with Gasteiger partial charge in [-0.25, -0.2) is 0 Å². The molecule has 0 fully saturated rings. The largest absolute Gasteiger partial charge is 0.386 e. The van der Waals surface area contributed by atoms with Crippen LogP contribution in [0.1, 0.15) is 114 Å². The standard InChI is InChI=1S/C15H26O.C10H18O.C10H16/c1-6-15(5,16)12-8-11-14(4)10-7-9-13(2)3;1-5-10(4,11)8-6-7-9(2)3;1-5-10(4)8-6-7-9(2)3/h6,9,11,16H,1,7-8,10,12H2,2-5H3;5,7,11H,1,6,8H2,2-4H3;5,7H,1,4,6,8H2,2-3H3/b14-11+;;. The zero-order chi connectivity index (χ0) is 29.5. The van der Waals surface area contributed by atoms with Crippen molar-refractivity contribution < 1.29 is 10.2 Å². The van der Waals surface area contributed by atoms with Crippen LogP contribution in [0.5, 0.6) is 0 Å². The molecular weight excluding hydrogens is 452 g/mol. The van der Waals surface area contributed by atoms with Crippen molar-refractivity contribution in [3.8, 4) is 0 Å². The van der Waals surface area contributed by atoms with Crippen LogP contribution in [0, 0.1) is 0 Å². The van der Waals surface area contributed by atoms with Crippen molar-refractivity contribution in [3.63, 3.8) is 0 Å². The molecule has 0 aromatic carbocycles. The Kier molecular flexibility index (Phi) is 24.5. The highest BCUT2D eigenvalue weighted by molar-refractivity contribution is 5.12. The second kappa shape index (κ2) is 23.0. The molecule has 2 nitrogen and oxygen atoms in total. The summed E-state index contributed by atoms with van der Waals surface area (Å²) in [6.45, 7) is 33.0. The van der Waals surface area contributed by atoms with E-state index < -0.39 is 11.2 Å². The summed E-state index contributed by atoms with van der Waals surface area (Å²) in [4.78, 5) is 0. The van der Waals surface area contributed by atoms with Crippen molar-refractivity contribution in [1.29, 1.82) is 0 Å². The van der Waals surface area contributed by atoms with E-state index >= 15 is 0 Å². The predicted octanol–water partition coefficient (Wildman–Crippen LogP) is 10.5. The number of hydrogen-bond donors (Lipinski definition) is 2. The zero-order valence-corrected chi connectivity index (χ0v) is 25.9. The van der Waals surface area contributed by atoms with Gasteiger partial charge in [0.15, 0.2) is 0 Å². The molecule has 0 saturated heterocycles. The van der Waals surface area contributed by atoms with E-state index in [2.05, 4.69) is 99.1 Å². The van der Waals surface area contributed by atoms with Crippen molar-refractivity contribution in [1.82, 2.24) is 0 Å². The van der Waals surface area contributed by atoms with Gasteiger partial charge in [-0.3, -0.25) is 0 Å². The van der Waals surface area contributed by atoms with Gasteiger partial charge in [-0.05, 0) is 114 Å². The van der Waals surface area contributed by atoms with Crippen molar-refractivity contribution >= 4 is 0 Å². The molecule has 0 bridgehead atoms. The second-order valence-electron chi connectivity index (χ2n) is 11.0. The SMILES string of the molecule is C=CC(=C)CCC=C(C)C.C=CC(C)(O)CC/C=C(\C)CCC=C(C)C.C=CC(C)(O)CCC=C(C)C. The lowest BCUT2D eigenvalue weighted by molar-refractivity contribution is 0.103. The van der Waals surface area contributed by atoms with E-state index in [1.54, 1.807) is 26.0 Å². The van der Waals surface area contributed by atoms with E-state index in [4.69, 9.17) is 0 Å². The molecule has 37 heavy (non-hydrogen) atoms. The first-order valence-electron chi connectivity index (χ1n) is 13.6. The van der Waals surface area contributed by atoms with E-state index in [9.17, 15) is 10.2 Å². The van der Waals surface area contributed by atoms with Gasteiger partial charge < -0.3 is 10.2 Å². The minimum Gasteiger partial charge on any atom is -0.386 e. The fourth-order valence-corrected chi connectivity index (χ4v) is 2.81. The molecule has 2 atom stereocenters. The summed E-state index contributed by atoms with van der Waals surface area (Å²) in [5.74, 6) is 0. The topological polar surface area (TPSA) is 40.5 Å². The quantitative estimate of drug-likeness (QED) is 0.169. The summed E-state index contributed by atoms with van der Waals surface area (Å²) in [6.07, 6.45) is 21.5. The van der Waals surface area contributed by atoms with Crippen LogP contribution in [0.3, 0.4) is 0 Å². The van der Waals surface area contributed by atoms with Gasteiger partial charge in [0.05, 0.1) is 11.2 Å². The maximum atomic E-state index is 9.73. The van der Waals surface area contributed by atoms with Crippen LogP contribution in [0.25, 0.3) is 0 Å². The van der Waals surface area contributed by atoms with E-state index in [0.717, 1.165) is 56.9 Å². The third-order valence-electron chi connectivity index (χ3n) is 5.62. The van der Waals surface area contributed by atoms with Gasteiger partial charge in [-0.2, -0.15) is 0 Å². The fraction of sp³-hybridized carbons (Fsp3) is 0.543. The van der Waals surface area contributed by atoms with Crippen LogP contribution in [0.4, 0.5) is 0 Å². The Hall–Kier alpha value is -2.16. The highest BCUT2D eigenvalue weighted by Gasteiger charge is 2.13. The van der Waals surface area contributed by atoms with Gasteiger partial charge in [0, 0.05) is 0 Å². The first kappa shape index (κ1) is 39.4. The average molecular weight is 513 g/mol. The van der Waals surface area contributed by atoms with E-state index in [1.165, 1.54) is 22.3 Å². The van der Waals surface area contributed by atoms with Crippen LogP contribution in [0.2, 0.25) is 0 Å². The smallest absolute Gasteiger partial charge is 0.0800 e. The molecule has 0 aromatic heterocycles. The Morgan fingerprint density at radius 3 is 1.30 bits per heavy atom. The lowest BCUT2D eigenvalue weighted by atomic mass is 9.99. The Bertz CT molecular complexity index is 770. The van der Waals surface area contributed by atoms with Crippen LogP contribution in [0.15, 0.2) is 96.7 Å². The van der Waals surface area contributed by atoms with E-state index in [-0.39, 0.29) is 0 Å². The molecule has 0 saturated carbocycles. The van der Waals surface area contributed by atoms with Gasteiger partial charge in [0.25, 0.3) is 0 Å². The van der Waals surface area contributed by atoms with Crippen LogP contribution in [-0.4, -0.2) is 21.4 Å². The van der Waals surface area contributed by atoms with Crippen LogP contribution in [-0.2, 0) is 0 Å². The van der Waals surface area contributed by atoms with E-state index in [0.29, 0.717) is 0 Å². The molecule has 0 spiro atoms. The summed E-state index contributed by atoms with van der Waals surface area (Å²) in [5, 5.41) is 19.2. The molecule has 2 heteroatoms. The number of aliphatic hydroxyl groups is 2. The lowest BCUT2D eigenvalue weighted by Crippen LogP contribution is -2.19. The zero-order valence-electron chi connectivity index (χ0n) is 25.9. The van der Waals surface area contributed by atoms with Gasteiger partial charge in [0.2, 0.25) is 0 Å². The lowest BCUT2D eigenvalue weighted by Gasteiger charge is -2.16. The Balaban J connectivity index is -0.000000487. The molecule has 0 aliphatic carbocycles. The summed E-state index contributed by atoms with van der Waals surface area (Å²) >= 11 is 0. The molecule has 0 aromatic rings. The Morgan fingerprint density at radius 2 is 0.946 bits per heavy atom. The summed E-state index contributed by atoms with van der Waals surface area (Å²) < 4.78 is 0. The number of rotatable bonds is 15. The third kappa shape index (κ3) is 33.8. The van der Waals surface area contributed by atoms with Gasteiger partial charge in [-0.15, -0.1) is 13.2 Å². The summed E-state index contributed by atoms with van der Waals surface area (Å²) in [7, 11) is 0. The highest BCUT2D eigenvalue weighted by Crippen LogP contribution is 2.16. The molecule has 0 amide bonds. The van der Waals surface area contributed by atoms with Crippen molar-refractivity contribution in [2.75, 3.05) is 0 Å². The molecule has 0 heterocycles. The summed E-state index contributed by atoms with van der Waals surface area (Å²) in [5.41, 5.74) is 5.14.